The summed E-state index contributed by atoms with van der Waals surface area (Å²) >= 11 is 0. The fraction of sp³-hybridized carbons (Fsp3) is 0.417. The summed E-state index contributed by atoms with van der Waals surface area (Å²) in [6.07, 6.45) is 0.834. The van der Waals surface area contributed by atoms with Crippen LogP contribution in [0.4, 0.5) is 5.69 Å². The van der Waals surface area contributed by atoms with Crippen LogP contribution in [0, 0.1) is 21.4 Å². The molecule has 0 aliphatic carbocycles. The molecule has 0 atom stereocenters. The van der Waals surface area contributed by atoms with Gasteiger partial charge in [-0.2, -0.15) is 5.26 Å². The Hall–Kier alpha value is -2.13. The van der Waals surface area contributed by atoms with E-state index < -0.39 is 4.92 Å². The molecule has 0 radical (unpaired) electrons. The Morgan fingerprint density at radius 3 is 2.78 bits per heavy atom. The summed E-state index contributed by atoms with van der Waals surface area (Å²) in [5, 5.41) is 19.5. The Morgan fingerprint density at radius 1 is 1.50 bits per heavy atom. The zero-order valence-corrected chi connectivity index (χ0v) is 10.4. The highest BCUT2D eigenvalue weighted by atomic mass is 16.6. The highest BCUT2D eigenvalue weighted by molar-refractivity contribution is 5.52. The molecule has 0 saturated carbocycles. The summed E-state index contributed by atoms with van der Waals surface area (Å²) in [4.78, 5) is 12.2. The monoisotopic (exact) mass is 249 g/mol. The largest absolute Gasteiger partial charge is 0.493 e. The minimum absolute atomic E-state index is 0.0423. The van der Waals surface area contributed by atoms with Crippen LogP contribution in [-0.4, -0.2) is 37.1 Å². The van der Waals surface area contributed by atoms with E-state index in [1.807, 2.05) is 19.0 Å². The Labute approximate surface area is 106 Å². The Balaban J connectivity index is 2.65. The second-order valence-corrected chi connectivity index (χ2v) is 4.05. The van der Waals surface area contributed by atoms with Crippen molar-refractivity contribution in [3.8, 4) is 11.8 Å². The van der Waals surface area contributed by atoms with Crippen molar-refractivity contribution in [1.29, 1.82) is 5.26 Å². The molecule has 0 aromatic heterocycles. The van der Waals surface area contributed by atoms with E-state index >= 15 is 0 Å². The van der Waals surface area contributed by atoms with Gasteiger partial charge < -0.3 is 9.64 Å². The van der Waals surface area contributed by atoms with Crippen LogP contribution in [0.3, 0.4) is 0 Å². The summed E-state index contributed by atoms with van der Waals surface area (Å²) in [5.74, 6) is 0.416. The maximum absolute atomic E-state index is 10.7. The third-order valence-corrected chi connectivity index (χ3v) is 2.30. The molecule has 1 rings (SSSR count). The number of nitriles is 1. The van der Waals surface area contributed by atoms with Gasteiger partial charge in [-0.1, -0.05) is 0 Å². The molecular formula is C12H15N3O3. The SMILES string of the molecule is CN(C)CCCOc1ccc(C#N)c([N+](=O)[O-])c1. The van der Waals surface area contributed by atoms with E-state index in [9.17, 15) is 10.1 Å². The van der Waals surface area contributed by atoms with Crippen molar-refractivity contribution in [2.45, 2.75) is 6.42 Å². The number of hydrogen-bond acceptors (Lipinski definition) is 5. The van der Waals surface area contributed by atoms with Gasteiger partial charge in [0.15, 0.2) is 0 Å². The normalized spacial score (nSPS) is 10.1. The molecule has 0 aliphatic heterocycles. The number of ether oxygens (including phenoxy) is 1. The van der Waals surface area contributed by atoms with Gasteiger partial charge in [0.1, 0.15) is 17.4 Å². The Kier molecular flexibility index (Phi) is 5.08. The van der Waals surface area contributed by atoms with Crippen molar-refractivity contribution in [1.82, 2.24) is 4.90 Å². The van der Waals surface area contributed by atoms with Crippen molar-refractivity contribution in [3.05, 3.63) is 33.9 Å². The van der Waals surface area contributed by atoms with Crippen molar-refractivity contribution >= 4 is 5.69 Å². The number of nitro groups is 1. The standard InChI is InChI=1S/C12H15N3O3/c1-14(2)6-3-7-18-11-5-4-10(9-13)12(8-11)15(16)17/h4-5,8H,3,6-7H2,1-2H3. The van der Waals surface area contributed by atoms with Crippen LogP contribution in [0.1, 0.15) is 12.0 Å². The molecule has 1 aromatic rings. The number of benzene rings is 1. The molecule has 0 heterocycles. The maximum Gasteiger partial charge on any atom is 0.290 e. The average molecular weight is 249 g/mol. The molecule has 0 unspecified atom stereocenters. The fourth-order valence-corrected chi connectivity index (χ4v) is 1.42. The van der Waals surface area contributed by atoms with Crippen LogP contribution in [0.5, 0.6) is 5.75 Å². The maximum atomic E-state index is 10.7. The predicted molar refractivity (Wildman–Crippen MR) is 66.5 cm³/mol. The first-order valence-corrected chi connectivity index (χ1v) is 5.50. The first-order chi connectivity index (χ1) is 8.54. The molecule has 18 heavy (non-hydrogen) atoms. The lowest BCUT2D eigenvalue weighted by Gasteiger charge is -2.10. The topological polar surface area (TPSA) is 79.4 Å². The fourth-order valence-electron chi connectivity index (χ4n) is 1.42. The number of hydrogen-bond donors (Lipinski definition) is 0. The van der Waals surface area contributed by atoms with Crippen molar-refractivity contribution in [2.24, 2.45) is 0 Å². The second kappa shape index (κ2) is 6.57. The van der Waals surface area contributed by atoms with E-state index in [1.165, 1.54) is 12.1 Å². The van der Waals surface area contributed by atoms with Gasteiger partial charge in [-0.25, -0.2) is 0 Å². The lowest BCUT2D eigenvalue weighted by atomic mass is 10.2. The first kappa shape index (κ1) is 13.9. The summed E-state index contributed by atoms with van der Waals surface area (Å²) in [5.41, 5.74) is -0.178. The second-order valence-electron chi connectivity index (χ2n) is 4.05. The van der Waals surface area contributed by atoms with Crippen LogP contribution in [0.25, 0.3) is 0 Å². The molecular weight excluding hydrogens is 234 g/mol. The predicted octanol–water partition coefficient (Wildman–Crippen LogP) is 1.80. The van der Waals surface area contributed by atoms with Crippen molar-refractivity contribution < 1.29 is 9.66 Å². The van der Waals surface area contributed by atoms with Crippen LogP contribution >= 0.6 is 0 Å². The molecule has 6 heteroatoms. The average Bonchev–Trinajstić information content (AvgIpc) is 2.34. The molecule has 0 amide bonds. The lowest BCUT2D eigenvalue weighted by Crippen LogP contribution is -2.15. The van der Waals surface area contributed by atoms with Gasteiger partial charge in [-0.05, 0) is 32.6 Å². The lowest BCUT2D eigenvalue weighted by molar-refractivity contribution is -0.385. The molecule has 0 bridgehead atoms. The molecule has 0 N–H and O–H groups in total. The van der Waals surface area contributed by atoms with Crippen LogP contribution < -0.4 is 4.74 Å². The molecule has 6 nitrogen and oxygen atoms in total. The summed E-state index contributed by atoms with van der Waals surface area (Å²) in [7, 11) is 3.93. The molecule has 0 spiro atoms. The van der Waals surface area contributed by atoms with E-state index in [1.54, 1.807) is 12.1 Å². The minimum Gasteiger partial charge on any atom is -0.493 e. The van der Waals surface area contributed by atoms with Crippen molar-refractivity contribution in [2.75, 3.05) is 27.2 Å². The van der Waals surface area contributed by atoms with Gasteiger partial charge in [-0.15, -0.1) is 0 Å². The first-order valence-electron chi connectivity index (χ1n) is 5.50. The van der Waals surface area contributed by atoms with E-state index in [0.29, 0.717) is 12.4 Å². The minimum atomic E-state index is -0.578. The Morgan fingerprint density at radius 2 is 2.22 bits per heavy atom. The number of rotatable bonds is 6. The summed E-state index contributed by atoms with van der Waals surface area (Å²) in [6, 6.07) is 6.04. The molecule has 0 aliphatic rings. The van der Waals surface area contributed by atoms with Gasteiger partial charge in [0.25, 0.3) is 5.69 Å². The van der Waals surface area contributed by atoms with Crippen LogP contribution in [0.15, 0.2) is 18.2 Å². The highest BCUT2D eigenvalue weighted by Crippen LogP contribution is 2.24. The van der Waals surface area contributed by atoms with Gasteiger partial charge >= 0.3 is 0 Å². The zero-order chi connectivity index (χ0) is 13.5. The zero-order valence-electron chi connectivity index (χ0n) is 10.4. The number of nitrogens with zero attached hydrogens (tertiary/aromatic N) is 3. The molecule has 1 aromatic carbocycles. The van der Waals surface area contributed by atoms with E-state index in [2.05, 4.69) is 0 Å². The van der Waals surface area contributed by atoms with Crippen LogP contribution in [-0.2, 0) is 0 Å². The van der Waals surface area contributed by atoms with E-state index in [0.717, 1.165) is 13.0 Å². The van der Waals surface area contributed by atoms with E-state index in [4.69, 9.17) is 10.00 Å². The van der Waals surface area contributed by atoms with Gasteiger partial charge in [0.2, 0.25) is 0 Å². The van der Waals surface area contributed by atoms with E-state index in [-0.39, 0.29) is 11.3 Å². The van der Waals surface area contributed by atoms with Gasteiger partial charge in [-0.3, -0.25) is 10.1 Å². The third-order valence-electron chi connectivity index (χ3n) is 2.30. The van der Waals surface area contributed by atoms with Crippen molar-refractivity contribution in [3.63, 3.8) is 0 Å². The van der Waals surface area contributed by atoms with Crippen LogP contribution in [0.2, 0.25) is 0 Å². The number of nitro benzene ring substituents is 1. The molecule has 0 saturated heterocycles. The highest BCUT2D eigenvalue weighted by Gasteiger charge is 2.14. The summed E-state index contributed by atoms with van der Waals surface area (Å²) < 4.78 is 5.41. The van der Waals surface area contributed by atoms with Gasteiger partial charge in [0, 0.05) is 6.54 Å². The quantitative estimate of drug-likeness (QED) is 0.436. The summed E-state index contributed by atoms with van der Waals surface area (Å²) in [6.45, 7) is 1.37. The molecule has 0 fully saturated rings. The van der Waals surface area contributed by atoms with Gasteiger partial charge in [0.05, 0.1) is 17.6 Å². The smallest absolute Gasteiger partial charge is 0.290 e. The Bertz CT molecular complexity index is 466. The third kappa shape index (κ3) is 4.03. The molecule has 96 valence electrons.